The number of hydrogen-bond acceptors (Lipinski definition) is 3. The summed E-state index contributed by atoms with van der Waals surface area (Å²) >= 11 is 0. The first kappa shape index (κ1) is 15.1. The second-order valence-electron chi connectivity index (χ2n) is 6.08. The van der Waals surface area contributed by atoms with Crippen LogP contribution in [0.1, 0.15) is 38.5 Å². The van der Waals surface area contributed by atoms with Crippen molar-refractivity contribution in [1.82, 2.24) is 10.6 Å². The van der Waals surface area contributed by atoms with Crippen LogP contribution in [0, 0.1) is 11.8 Å². The van der Waals surface area contributed by atoms with E-state index in [-0.39, 0.29) is 24.4 Å². The van der Waals surface area contributed by atoms with Gasteiger partial charge in [0.1, 0.15) is 0 Å². The Hall–Kier alpha value is -0.320. The lowest BCUT2D eigenvalue weighted by atomic mass is 9.85. The van der Waals surface area contributed by atoms with Gasteiger partial charge in [-0.1, -0.05) is 12.8 Å². The molecule has 110 valence electrons. The van der Waals surface area contributed by atoms with Crippen molar-refractivity contribution in [3.05, 3.63) is 0 Å². The van der Waals surface area contributed by atoms with Gasteiger partial charge in [0.2, 0.25) is 5.91 Å². The topological polar surface area (TPSA) is 50.4 Å². The minimum absolute atomic E-state index is 0. The first-order valence-corrected chi connectivity index (χ1v) is 7.44. The monoisotopic (exact) mass is 288 g/mol. The van der Waals surface area contributed by atoms with E-state index in [9.17, 15) is 4.79 Å². The SMILES string of the molecule is Cl.O=C(NCC1CCOC1)C1CC2CCCCC2N1. The normalized spacial score (nSPS) is 37.5. The molecule has 0 spiro atoms. The van der Waals surface area contributed by atoms with Crippen LogP contribution in [0.3, 0.4) is 0 Å². The van der Waals surface area contributed by atoms with Crippen molar-refractivity contribution in [2.75, 3.05) is 19.8 Å². The second-order valence-corrected chi connectivity index (χ2v) is 6.08. The maximum absolute atomic E-state index is 12.1. The summed E-state index contributed by atoms with van der Waals surface area (Å²) in [5, 5.41) is 6.62. The number of carbonyl (C=O) groups is 1. The van der Waals surface area contributed by atoms with Crippen LogP contribution in [0.2, 0.25) is 0 Å². The van der Waals surface area contributed by atoms with E-state index in [1.165, 1.54) is 25.7 Å². The molecule has 2 heterocycles. The van der Waals surface area contributed by atoms with Gasteiger partial charge in [-0.25, -0.2) is 0 Å². The molecule has 0 bridgehead atoms. The van der Waals surface area contributed by atoms with Gasteiger partial charge < -0.3 is 15.4 Å². The summed E-state index contributed by atoms with van der Waals surface area (Å²) in [5.41, 5.74) is 0. The van der Waals surface area contributed by atoms with Crippen LogP contribution in [0.25, 0.3) is 0 Å². The molecular formula is C14H25ClN2O2. The molecule has 4 nitrogen and oxygen atoms in total. The highest BCUT2D eigenvalue weighted by atomic mass is 35.5. The summed E-state index contributed by atoms with van der Waals surface area (Å²) in [7, 11) is 0. The number of halogens is 1. The lowest BCUT2D eigenvalue weighted by Gasteiger charge is -2.24. The first-order valence-electron chi connectivity index (χ1n) is 7.44. The Kier molecular flexibility index (Phi) is 5.48. The maximum atomic E-state index is 12.1. The maximum Gasteiger partial charge on any atom is 0.237 e. The molecule has 5 heteroatoms. The Bertz CT molecular complexity index is 294. The molecule has 19 heavy (non-hydrogen) atoms. The number of hydrogen-bond donors (Lipinski definition) is 2. The van der Waals surface area contributed by atoms with Gasteiger partial charge in [-0.3, -0.25) is 4.79 Å². The van der Waals surface area contributed by atoms with Gasteiger partial charge in [-0.15, -0.1) is 12.4 Å². The summed E-state index contributed by atoms with van der Waals surface area (Å²) in [6, 6.07) is 0.657. The molecule has 3 fully saturated rings. The van der Waals surface area contributed by atoms with E-state index in [1.54, 1.807) is 0 Å². The predicted octanol–water partition coefficient (Wildman–Crippen LogP) is 1.48. The third-order valence-corrected chi connectivity index (χ3v) is 4.77. The molecular weight excluding hydrogens is 264 g/mol. The molecule has 0 aromatic heterocycles. The van der Waals surface area contributed by atoms with Crippen LogP contribution in [0.5, 0.6) is 0 Å². The van der Waals surface area contributed by atoms with Crippen molar-refractivity contribution in [3.8, 4) is 0 Å². The summed E-state index contributed by atoms with van der Waals surface area (Å²) in [5.74, 6) is 1.47. The van der Waals surface area contributed by atoms with Gasteiger partial charge in [0.15, 0.2) is 0 Å². The van der Waals surface area contributed by atoms with Crippen molar-refractivity contribution in [3.63, 3.8) is 0 Å². The van der Waals surface area contributed by atoms with Crippen LogP contribution < -0.4 is 10.6 Å². The molecule has 4 unspecified atom stereocenters. The van der Waals surface area contributed by atoms with Gasteiger partial charge in [-0.2, -0.15) is 0 Å². The average Bonchev–Trinajstić information content (AvgIpc) is 3.04. The zero-order valence-electron chi connectivity index (χ0n) is 11.4. The van der Waals surface area contributed by atoms with E-state index in [0.29, 0.717) is 12.0 Å². The summed E-state index contributed by atoms with van der Waals surface area (Å²) < 4.78 is 5.33. The Morgan fingerprint density at radius 2 is 2.11 bits per heavy atom. The van der Waals surface area contributed by atoms with Crippen LogP contribution in [-0.2, 0) is 9.53 Å². The summed E-state index contributed by atoms with van der Waals surface area (Å²) in [6.45, 7) is 2.45. The third-order valence-electron chi connectivity index (χ3n) is 4.77. The smallest absolute Gasteiger partial charge is 0.237 e. The number of carbonyl (C=O) groups excluding carboxylic acids is 1. The fourth-order valence-corrected chi connectivity index (χ4v) is 3.63. The molecule has 3 rings (SSSR count). The van der Waals surface area contributed by atoms with Gasteiger partial charge in [0, 0.05) is 25.1 Å². The van der Waals surface area contributed by atoms with E-state index < -0.39 is 0 Å². The molecule has 2 saturated heterocycles. The number of fused-ring (bicyclic) bond motifs is 1. The molecule has 0 radical (unpaired) electrons. The first-order chi connectivity index (χ1) is 8.83. The molecule has 3 aliphatic rings. The fraction of sp³-hybridized carbons (Fsp3) is 0.929. The molecule has 4 atom stereocenters. The third kappa shape index (κ3) is 3.61. The zero-order valence-corrected chi connectivity index (χ0v) is 12.2. The molecule has 0 aromatic carbocycles. The Morgan fingerprint density at radius 3 is 2.84 bits per heavy atom. The van der Waals surface area contributed by atoms with Gasteiger partial charge >= 0.3 is 0 Å². The van der Waals surface area contributed by atoms with Gasteiger partial charge in [0.05, 0.1) is 12.6 Å². The number of rotatable bonds is 3. The van der Waals surface area contributed by atoms with E-state index in [4.69, 9.17) is 4.74 Å². The lowest BCUT2D eigenvalue weighted by molar-refractivity contribution is -0.123. The van der Waals surface area contributed by atoms with Crippen molar-refractivity contribution >= 4 is 18.3 Å². The number of amides is 1. The lowest BCUT2D eigenvalue weighted by Crippen LogP contribution is -2.44. The molecule has 2 N–H and O–H groups in total. The van der Waals surface area contributed by atoms with Crippen molar-refractivity contribution in [2.45, 2.75) is 50.6 Å². The standard InChI is InChI=1S/C14H24N2O2.ClH/c17-14(15-8-10-5-6-18-9-10)13-7-11-3-1-2-4-12(11)16-13;/h10-13,16H,1-9H2,(H,15,17);1H. The van der Waals surface area contributed by atoms with Gasteiger partial charge in [0.25, 0.3) is 0 Å². The zero-order chi connectivity index (χ0) is 12.4. The summed E-state index contributed by atoms with van der Waals surface area (Å²) in [4.78, 5) is 12.1. The molecule has 1 aliphatic carbocycles. The van der Waals surface area contributed by atoms with Crippen LogP contribution >= 0.6 is 12.4 Å². The summed E-state index contributed by atoms with van der Waals surface area (Å²) in [6.07, 6.45) is 7.35. The molecule has 2 aliphatic heterocycles. The highest BCUT2D eigenvalue weighted by Gasteiger charge is 2.38. The van der Waals surface area contributed by atoms with E-state index in [0.717, 1.165) is 38.5 Å². The van der Waals surface area contributed by atoms with Crippen LogP contribution in [0.15, 0.2) is 0 Å². The Labute approximate surface area is 121 Å². The molecule has 1 amide bonds. The largest absolute Gasteiger partial charge is 0.381 e. The predicted molar refractivity (Wildman–Crippen MR) is 76.5 cm³/mol. The molecule has 0 aromatic rings. The van der Waals surface area contributed by atoms with Crippen molar-refractivity contribution < 1.29 is 9.53 Å². The highest BCUT2D eigenvalue weighted by Crippen LogP contribution is 2.33. The van der Waals surface area contributed by atoms with Crippen molar-refractivity contribution in [2.24, 2.45) is 11.8 Å². The van der Waals surface area contributed by atoms with E-state index in [1.807, 2.05) is 0 Å². The van der Waals surface area contributed by atoms with Crippen LogP contribution in [-0.4, -0.2) is 37.7 Å². The van der Waals surface area contributed by atoms with Crippen LogP contribution in [0.4, 0.5) is 0 Å². The quantitative estimate of drug-likeness (QED) is 0.827. The fourth-order valence-electron chi connectivity index (χ4n) is 3.63. The van der Waals surface area contributed by atoms with Gasteiger partial charge in [-0.05, 0) is 31.6 Å². The van der Waals surface area contributed by atoms with Crippen molar-refractivity contribution in [1.29, 1.82) is 0 Å². The number of nitrogens with one attached hydrogen (secondary N) is 2. The molecule has 1 saturated carbocycles. The van der Waals surface area contributed by atoms with E-state index in [2.05, 4.69) is 10.6 Å². The average molecular weight is 289 g/mol. The highest BCUT2D eigenvalue weighted by molar-refractivity contribution is 5.85. The number of ether oxygens (including phenoxy) is 1. The van der Waals surface area contributed by atoms with E-state index >= 15 is 0 Å². The minimum Gasteiger partial charge on any atom is -0.381 e. The Morgan fingerprint density at radius 1 is 1.26 bits per heavy atom. The second kappa shape index (κ2) is 6.91. The Balaban J connectivity index is 0.00000133. The minimum atomic E-state index is 0.